The van der Waals surface area contributed by atoms with Crippen LogP contribution in [-0.4, -0.2) is 68.6 Å². The predicted molar refractivity (Wildman–Crippen MR) is 102 cm³/mol. The average Bonchev–Trinajstić information content (AvgIpc) is 2.62. The molecule has 2 heterocycles. The van der Waals surface area contributed by atoms with Crippen LogP contribution in [0.2, 0.25) is 0 Å². The number of morpholine rings is 1. The van der Waals surface area contributed by atoms with Crippen molar-refractivity contribution < 1.29 is 18.7 Å². The number of piperazine rings is 1. The topological polar surface area (TPSA) is 61.9 Å². The van der Waals surface area contributed by atoms with E-state index in [0.717, 1.165) is 6.54 Å². The highest BCUT2D eigenvalue weighted by Gasteiger charge is 2.29. The van der Waals surface area contributed by atoms with Gasteiger partial charge in [0.2, 0.25) is 0 Å². The number of halogens is 3. The van der Waals surface area contributed by atoms with Crippen molar-refractivity contribution in [3.63, 3.8) is 0 Å². The SMILES string of the molecule is CC(=O)c1ccc(N2CCN(C(=O)C3CNCCO3)CC2)c(F)c1.Cl.Cl. The number of ether oxygens (including phenoxy) is 1. The van der Waals surface area contributed by atoms with Crippen molar-refractivity contribution in [1.82, 2.24) is 10.2 Å². The van der Waals surface area contributed by atoms with Crippen molar-refractivity contribution in [3.8, 4) is 0 Å². The fourth-order valence-electron chi connectivity index (χ4n) is 3.08. The van der Waals surface area contributed by atoms with Crippen LogP contribution in [-0.2, 0) is 9.53 Å². The number of hydrogen-bond acceptors (Lipinski definition) is 5. The summed E-state index contributed by atoms with van der Waals surface area (Å²) < 4.78 is 19.7. The lowest BCUT2D eigenvalue weighted by atomic mass is 10.1. The minimum absolute atomic E-state index is 0. The summed E-state index contributed by atoms with van der Waals surface area (Å²) in [6, 6.07) is 4.55. The van der Waals surface area contributed by atoms with Crippen molar-refractivity contribution in [2.45, 2.75) is 13.0 Å². The third-order valence-corrected chi connectivity index (χ3v) is 4.49. The molecule has 3 rings (SSSR count). The molecule has 1 aromatic carbocycles. The molecule has 2 aliphatic heterocycles. The van der Waals surface area contributed by atoms with Gasteiger partial charge in [-0.1, -0.05) is 0 Å². The molecule has 2 saturated heterocycles. The van der Waals surface area contributed by atoms with Crippen molar-refractivity contribution in [3.05, 3.63) is 29.6 Å². The normalized spacial score (nSPS) is 20.0. The molecular weight excluding hydrogens is 384 g/mol. The first-order valence-corrected chi connectivity index (χ1v) is 8.23. The van der Waals surface area contributed by atoms with Crippen LogP contribution in [0, 0.1) is 5.82 Å². The average molecular weight is 408 g/mol. The second-order valence-corrected chi connectivity index (χ2v) is 6.10. The van der Waals surface area contributed by atoms with Crippen LogP contribution in [0.4, 0.5) is 10.1 Å². The molecule has 0 aliphatic carbocycles. The number of carbonyl (C=O) groups excluding carboxylic acids is 2. The molecule has 2 aliphatic rings. The summed E-state index contributed by atoms with van der Waals surface area (Å²) >= 11 is 0. The Kier molecular flexibility index (Phi) is 8.76. The van der Waals surface area contributed by atoms with E-state index in [2.05, 4.69) is 5.32 Å². The minimum Gasteiger partial charge on any atom is -0.366 e. The quantitative estimate of drug-likeness (QED) is 0.769. The molecule has 0 saturated carbocycles. The highest BCUT2D eigenvalue weighted by molar-refractivity contribution is 5.94. The van der Waals surface area contributed by atoms with Gasteiger partial charge >= 0.3 is 0 Å². The molecule has 1 unspecified atom stereocenters. The Morgan fingerprint density at radius 2 is 1.88 bits per heavy atom. The summed E-state index contributed by atoms with van der Waals surface area (Å²) in [5, 5.41) is 3.15. The lowest BCUT2D eigenvalue weighted by molar-refractivity contribution is -0.145. The van der Waals surface area contributed by atoms with E-state index in [1.807, 2.05) is 4.90 Å². The number of carbonyl (C=O) groups is 2. The first-order valence-electron chi connectivity index (χ1n) is 8.23. The first-order chi connectivity index (χ1) is 11.6. The third kappa shape index (κ3) is 5.07. The van der Waals surface area contributed by atoms with Gasteiger partial charge in [-0.25, -0.2) is 4.39 Å². The number of nitrogens with zero attached hydrogens (tertiary/aromatic N) is 2. The smallest absolute Gasteiger partial charge is 0.253 e. The van der Waals surface area contributed by atoms with E-state index in [0.29, 0.717) is 50.6 Å². The Morgan fingerprint density at radius 1 is 1.19 bits per heavy atom. The molecule has 26 heavy (non-hydrogen) atoms. The second-order valence-electron chi connectivity index (χ2n) is 6.10. The van der Waals surface area contributed by atoms with E-state index in [1.54, 1.807) is 17.0 Å². The van der Waals surface area contributed by atoms with Crippen molar-refractivity contribution in [2.75, 3.05) is 50.8 Å². The molecule has 0 spiro atoms. The molecule has 1 atom stereocenters. The summed E-state index contributed by atoms with van der Waals surface area (Å²) in [5.41, 5.74) is 0.842. The molecule has 9 heteroatoms. The summed E-state index contributed by atoms with van der Waals surface area (Å²) in [6.45, 7) is 5.46. The van der Waals surface area contributed by atoms with Crippen LogP contribution in [0.5, 0.6) is 0 Å². The van der Waals surface area contributed by atoms with E-state index in [4.69, 9.17) is 4.74 Å². The number of benzene rings is 1. The van der Waals surface area contributed by atoms with Gasteiger partial charge in [0.15, 0.2) is 5.78 Å². The van der Waals surface area contributed by atoms with Crippen LogP contribution in [0.3, 0.4) is 0 Å². The Labute approximate surface area is 164 Å². The number of nitrogens with one attached hydrogen (secondary N) is 1. The molecule has 1 N–H and O–H groups in total. The first kappa shape index (κ1) is 22.6. The van der Waals surface area contributed by atoms with E-state index in [1.165, 1.54) is 13.0 Å². The van der Waals surface area contributed by atoms with Crippen molar-refractivity contribution in [2.24, 2.45) is 0 Å². The summed E-state index contributed by atoms with van der Waals surface area (Å²) in [4.78, 5) is 27.4. The largest absolute Gasteiger partial charge is 0.366 e. The fourth-order valence-corrected chi connectivity index (χ4v) is 3.08. The van der Waals surface area contributed by atoms with Gasteiger partial charge in [-0.15, -0.1) is 24.8 Å². The van der Waals surface area contributed by atoms with Crippen LogP contribution < -0.4 is 10.2 Å². The Morgan fingerprint density at radius 3 is 2.42 bits per heavy atom. The summed E-state index contributed by atoms with van der Waals surface area (Å²) in [5.74, 6) is -0.562. The second kappa shape index (κ2) is 10.1. The van der Waals surface area contributed by atoms with Gasteiger partial charge in [-0.05, 0) is 25.1 Å². The standard InChI is InChI=1S/C17H22FN3O3.2ClH/c1-12(22)13-2-3-15(14(18)10-13)20-5-7-21(8-6-20)17(23)16-11-19-4-9-24-16;;/h2-3,10,16,19H,4-9,11H2,1H3;2*1H. The highest BCUT2D eigenvalue weighted by atomic mass is 35.5. The summed E-state index contributed by atoms with van der Waals surface area (Å²) in [6.07, 6.45) is -0.420. The molecule has 1 amide bonds. The van der Waals surface area contributed by atoms with Gasteiger partial charge in [-0.3, -0.25) is 9.59 Å². The van der Waals surface area contributed by atoms with Crippen LogP contribution >= 0.6 is 24.8 Å². The van der Waals surface area contributed by atoms with E-state index < -0.39 is 11.9 Å². The molecule has 146 valence electrons. The number of anilines is 1. The van der Waals surface area contributed by atoms with Gasteiger partial charge in [0.05, 0.1) is 12.3 Å². The predicted octanol–water partition coefficient (Wildman–Crippen LogP) is 1.51. The van der Waals surface area contributed by atoms with Gasteiger partial charge in [0.25, 0.3) is 5.91 Å². The molecule has 0 bridgehead atoms. The molecule has 1 aromatic rings. The number of amides is 1. The Bertz CT molecular complexity index is 634. The maximum absolute atomic E-state index is 14.2. The van der Waals surface area contributed by atoms with Crippen LogP contribution in [0.15, 0.2) is 18.2 Å². The lowest BCUT2D eigenvalue weighted by Crippen LogP contribution is -2.55. The zero-order valence-electron chi connectivity index (χ0n) is 14.6. The molecular formula is C17H24Cl2FN3O3. The van der Waals surface area contributed by atoms with Gasteiger partial charge in [0.1, 0.15) is 11.9 Å². The molecule has 0 radical (unpaired) electrons. The van der Waals surface area contributed by atoms with Crippen LogP contribution in [0.1, 0.15) is 17.3 Å². The van der Waals surface area contributed by atoms with Crippen LogP contribution in [0.25, 0.3) is 0 Å². The monoisotopic (exact) mass is 407 g/mol. The lowest BCUT2D eigenvalue weighted by Gasteiger charge is -2.38. The van der Waals surface area contributed by atoms with Crippen molar-refractivity contribution >= 4 is 42.2 Å². The van der Waals surface area contributed by atoms with E-state index in [-0.39, 0.29) is 36.5 Å². The van der Waals surface area contributed by atoms with Gasteiger partial charge in [0, 0.05) is 44.8 Å². The number of hydrogen-bond donors (Lipinski definition) is 1. The van der Waals surface area contributed by atoms with E-state index >= 15 is 0 Å². The number of Topliss-reactive ketones (excluding diaryl/α,β-unsaturated/α-hetero) is 1. The third-order valence-electron chi connectivity index (χ3n) is 4.49. The maximum atomic E-state index is 14.2. The number of rotatable bonds is 3. The van der Waals surface area contributed by atoms with Gasteiger partial charge < -0.3 is 19.9 Å². The highest BCUT2D eigenvalue weighted by Crippen LogP contribution is 2.22. The Hall–Kier alpha value is -1.41. The van der Waals surface area contributed by atoms with Gasteiger partial charge in [-0.2, -0.15) is 0 Å². The van der Waals surface area contributed by atoms with Crippen molar-refractivity contribution in [1.29, 1.82) is 0 Å². The maximum Gasteiger partial charge on any atom is 0.253 e. The minimum atomic E-state index is -0.420. The zero-order chi connectivity index (χ0) is 17.1. The molecule has 2 fully saturated rings. The fraction of sp³-hybridized carbons (Fsp3) is 0.529. The number of ketones is 1. The zero-order valence-corrected chi connectivity index (χ0v) is 16.2. The molecule has 6 nitrogen and oxygen atoms in total. The Balaban J connectivity index is 0.00000169. The molecule has 0 aromatic heterocycles. The van der Waals surface area contributed by atoms with E-state index in [9.17, 15) is 14.0 Å². The summed E-state index contributed by atoms with van der Waals surface area (Å²) in [7, 11) is 0.